The summed E-state index contributed by atoms with van der Waals surface area (Å²) in [5, 5.41) is 30.9. The van der Waals surface area contributed by atoms with Gasteiger partial charge in [-0.25, -0.2) is 0 Å². The fraction of sp³-hybridized carbons (Fsp3) is 0.615. The van der Waals surface area contributed by atoms with Gasteiger partial charge in [0.05, 0.1) is 12.1 Å². The van der Waals surface area contributed by atoms with Crippen LogP contribution in [-0.4, -0.2) is 31.6 Å². The normalized spacial score (nSPS) is 32.6. The number of ketones is 1. The van der Waals surface area contributed by atoms with Crippen LogP contribution in [0.1, 0.15) is 76.4 Å². The van der Waals surface area contributed by atoms with Crippen molar-refractivity contribution in [3.8, 4) is 11.6 Å². The van der Waals surface area contributed by atoms with Gasteiger partial charge in [-0.3, -0.25) is 9.59 Å². The van der Waals surface area contributed by atoms with E-state index in [0.717, 1.165) is 24.8 Å². The molecule has 1 saturated carbocycles. The van der Waals surface area contributed by atoms with Crippen molar-refractivity contribution in [3.63, 3.8) is 0 Å². The van der Waals surface area contributed by atoms with Crippen LogP contribution >= 0.6 is 0 Å². The third-order valence-corrected chi connectivity index (χ3v) is 8.08. The van der Waals surface area contributed by atoms with E-state index in [1.54, 1.807) is 7.05 Å². The number of allylic oxidation sites excluding steroid dienone is 4. The molecule has 176 valence electrons. The lowest BCUT2D eigenvalue weighted by Gasteiger charge is -2.56. The van der Waals surface area contributed by atoms with Crippen molar-refractivity contribution in [1.82, 2.24) is 4.57 Å². The zero-order valence-corrected chi connectivity index (χ0v) is 20.1. The predicted molar refractivity (Wildman–Crippen MR) is 124 cm³/mol. The third kappa shape index (κ3) is 3.67. The Morgan fingerprint density at radius 1 is 1.25 bits per heavy atom. The van der Waals surface area contributed by atoms with Crippen LogP contribution in [0.25, 0.3) is 0 Å². The summed E-state index contributed by atoms with van der Waals surface area (Å²) in [5.74, 6) is -1.39. The molecular formula is C26H37NO5. The van der Waals surface area contributed by atoms with Crippen molar-refractivity contribution in [1.29, 1.82) is 0 Å². The van der Waals surface area contributed by atoms with E-state index in [4.69, 9.17) is 5.11 Å². The molecule has 1 fully saturated rings. The van der Waals surface area contributed by atoms with Crippen LogP contribution in [-0.2, 0) is 18.3 Å². The fourth-order valence-electron chi connectivity index (χ4n) is 6.76. The minimum Gasteiger partial charge on any atom is -0.505 e. The van der Waals surface area contributed by atoms with E-state index in [2.05, 4.69) is 32.9 Å². The molecule has 0 saturated heterocycles. The smallest absolute Gasteiger partial charge is 0.303 e. The Labute approximate surface area is 190 Å². The van der Waals surface area contributed by atoms with E-state index < -0.39 is 11.4 Å². The second-order valence-corrected chi connectivity index (χ2v) is 10.4. The molecule has 32 heavy (non-hydrogen) atoms. The van der Waals surface area contributed by atoms with Gasteiger partial charge in [-0.2, -0.15) is 0 Å². The van der Waals surface area contributed by atoms with Crippen LogP contribution < -0.4 is 0 Å². The van der Waals surface area contributed by atoms with Gasteiger partial charge in [0.1, 0.15) is 5.56 Å². The van der Waals surface area contributed by atoms with Gasteiger partial charge < -0.3 is 19.9 Å². The van der Waals surface area contributed by atoms with E-state index in [1.165, 1.54) is 4.57 Å². The number of nitrogens with zero attached hydrogens (tertiary/aromatic N) is 1. The number of aromatic hydroxyl groups is 2. The largest absolute Gasteiger partial charge is 0.505 e. The molecule has 0 aliphatic heterocycles. The van der Waals surface area contributed by atoms with Crippen molar-refractivity contribution in [2.45, 2.75) is 66.7 Å². The summed E-state index contributed by atoms with van der Waals surface area (Å²) in [4.78, 5) is 25.3. The highest BCUT2D eigenvalue weighted by atomic mass is 16.4. The predicted octanol–water partition coefficient (Wildman–Crippen LogP) is 5.24. The molecule has 0 amide bonds. The molecule has 0 unspecified atom stereocenters. The summed E-state index contributed by atoms with van der Waals surface area (Å²) >= 11 is 0. The average Bonchev–Trinajstić information content (AvgIpc) is 2.90. The molecule has 1 heterocycles. The van der Waals surface area contributed by atoms with Crippen LogP contribution in [0.2, 0.25) is 0 Å². The van der Waals surface area contributed by atoms with Crippen LogP contribution in [0.5, 0.6) is 11.6 Å². The highest BCUT2D eigenvalue weighted by Gasteiger charge is 2.58. The first-order valence-corrected chi connectivity index (χ1v) is 11.6. The van der Waals surface area contributed by atoms with Crippen LogP contribution in [0.15, 0.2) is 23.8 Å². The van der Waals surface area contributed by atoms with Gasteiger partial charge in [-0.05, 0) is 43.9 Å². The van der Waals surface area contributed by atoms with Crippen molar-refractivity contribution >= 4 is 11.8 Å². The number of carboxylic acids is 1. The molecular weight excluding hydrogens is 406 g/mol. The van der Waals surface area contributed by atoms with Crippen LogP contribution in [0.3, 0.4) is 0 Å². The number of Topliss-reactive ketones (excluding diaryl/α,β-unsaturated/α-hetero) is 1. The van der Waals surface area contributed by atoms with E-state index in [0.29, 0.717) is 5.92 Å². The lowest BCUT2D eigenvalue weighted by molar-refractivity contribution is -0.137. The first kappa shape index (κ1) is 24.1. The number of aromatic nitrogens is 1. The maximum Gasteiger partial charge on any atom is 0.303 e. The Bertz CT molecular complexity index is 987. The molecule has 0 spiro atoms. The maximum absolute atomic E-state index is 14.3. The minimum atomic E-state index is -1.00. The number of hydrogen-bond acceptors (Lipinski definition) is 4. The number of rotatable bonds is 6. The summed E-state index contributed by atoms with van der Waals surface area (Å²) in [6.07, 6.45) is 9.14. The quantitative estimate of drug-likeness (QED) is 0.412. The zero-order valence-electron chi connectivity index (χ0n) is 20.1. The molecule has 1 aromatic heterocycles. The Hall–Kier alpha value is -2.50. The Kier molecular flexibility index (Phi) is 6.38. The Balaban J connectivity index is 2.17. The number of carbonyl (C=O) groups excluding carboxylic acids is 1. The fourth-order valence-corrected chi connectivity index (χ4v) is 6.76. The number of fused-ring (bicyclic) bond motifs is 1. The van der Waals surface area contributed by atoms with Crippen molar-refractivity contribution in [2.75, 3.05) is 0 Å². The Morgan fingerprint density at radius 2 is 1.91 bits per heavy atom. The highest BCUT2D eigenvalue weighted by Crippen LogP contribution is 2.61. The second kappa shape index (κ2) is 8.45. The van der Waals surface area contributed by atoms with E-state index in [-0.39, 0.29) is 58.8 Å². The van der Waals surface area contributed by atoms with E-state index >= 15 is 0 Å². The second-order valence-electron chi connectivity index (χ2n) is 10.4. The molecule has 2 aliphatic carbocycles. The minimum absolute atomic E-state index is 0.0328. The lowest BCUT2D eigenvalue weighted by Crippen LogP contribution is -2.53. The molecule has 0 bridgehead atoms. The van der Waals surface area contributed by atoms with E-state index in [1.807, 2.05) is 19.9 Å². The summed E-state index contributed by atoms with van der Waals surface area (Å²) in [6.45, 7) is 10.5. The van der Waals surface area contributed by atoms with E-state index in [9.17, 15) is 19.8 Å². The SMILES string of the molecule is CC=C[C@H]1C(C)=C[C@@]2(C)C[C@H](C)CC[C@H]2[C@]1(C)C(=O)c1c(O)c(CCC(=O)O)n(C)c1O. The summed E-state index contributed by atoms with van der Waals surface area (Å²) < 4.78 is 1.34. The number of aliphatic carboxylic acids is 1. The molecule has 3 rings (SSSR count). The maximum atomic E-state index is 14.3. The first-order chi connectivity index (χ1) is 14.9. The molecule has 6 heteroatoms. The van der Waals surface area contributed by atoms with Crippen molar-refractivity contribution in [2.24, 2.45) is 35.6 Å². The van der Waals surface area contributed by atoms with Crippen molar-refractivity contribution < 1.29 is 24.9 Å². The lowest BCUT2D eigenvalue weighted by atomic mass is 9.46. The van der Waals surface area contributed by atoms with Gasteiger partial charge >= 0.3 is 5.97 Å². The average molecular weight is 444 g/mol. The van der Waals surface area contributed by atoms with Gasteiger partial charge in [-0.1, -0.05) is 51.0 Å². The van der Waals surface area contributed by atoms with Gasteiger partial charge in [0.25, 0.3) is 0 Å². The molecule has 0 radical (unpaired) electrons. The van der Waals surface area contributed by atoms with Crippen LogP contribution in [0.4, 0.5) is 0 Å². The molecule has 5 atom stereocenters. The summed E-state index contributed by atoms with van der Waals surface area (Å²) in [7, 11) is 1.55. The monoisotopic (exact) mass is 443 g/mol. The molecule has 2 aliphatic rings. The van der Waals surface area contributed by atoms with Gasteiger partial charge in [0.2, 0.25) is 5.88 Å². The van der Waals surface area contributed by atoms with Gasteiger partial charge in [-0.15, -0.1) is 0 Å². The van der Waals surface area contributed by atoms with Crippen LogP contribution in [0, 0.1) is 28.6 Å². The van der Waals surface area contributed by atoms with Gasteiger partial charge in [0.15, 0.2) is 11.5 Å². The summed E-state index contributed by atoms with van der Waals surface area (Å²) in [5.41, 5.74) is 0.327. The number of hydrogen-bond donors (Lipinski definition) is 3. The molecule has 0 aromatic carbocycles. The third-order valence-electron chi connectivity index (χ3n) is 8.08. The molecule has 3 N–H and O–H groups in total. The topological polar surface area (TPSA) is 99.8 Å². The van der Waals surface area contributed by atoms with Crippen molar-refractivity contribution in [3.05, 3.63) is 35.1 Å². The highest BCUT2D eigenvalue weighted by molar-refractivity contribution is 6.06. The molecule has 1 aromatic rings. The summed E-state index contributed by atoms with van der Waals surface area (Å²) in [6, 6.07) is 0. The first-order valence-electron chi connectivity index (χ1n) is 11.6. The number of carboxylic acid groups (broad SMARTS) is 1. The Morgan fingerprint density at radius 3 is 2.50 bits per heavy atom. The zero-order chi connectivity index (χ0) is 24.0. The van der Waals surface area contributed by atoms with Gasteiger partial charge in [0, 0.05) is 24.8 Å². The number of carbonyl (C=O) groups is 2. The standard InChI is InChI=1S/C26H37NO5/c1-7-8-17-16(3)14-25(4)13-15(2)9-11-19(25)26(17,5)23(31)21-22(30)18(10-12-20(28)29)27(6)24(21)32/h7-8,14-15,17,19,30,32H,9-13H2,1-6H3,(H,28,29)/t15-,17+,19-,25-,26-/m1/s1. The molecule has 6 nitrogen and oxygen atoms in total.